The van der Waals surface area contributed by atoms with E-state index in [2.05, 4.69) is 11.4 Å². The zero-order chi connectivity index (χ0) is 15.7. The fraction of sp³-hybridized carbons (Fsp3) is 0.600. The number of aryl methyl sites for hydroxylation is 1. The van der Waals surface area contributed by atoms with Crippen LogP contribution in [0.5, 0.6) is 0 Å². The highest BCUT2D eigenvalue weighted by Crippen LogP contribution is 2.37. The first-order chi connectivity index (χ1) is 10.5. The minimum absolute atomic E-state index is 0.0776. The van der Waals surface area contributed by atoms with E-state index in [-0.39, 0.29) is 17.4 Å². The molecule has 0 saturated carbocycles. The van der Waals surface area contributed by atoms with Crippen molar-refractivity contribution in [2.75, 3.05) is 16.8 Å². The third kappa shape index (κ3) is 3.03. The first-order valence-corrected chi connectivity index (χ1v) is 10.2. The van der Waals surface area contributed by atoms with Gasteiger partial charge < -0.3 is 5.32 Å². The summed E-state index contributed by atoms with van der Waals surface area (Å²) in [6.45, 7) is 0. The topological polar surface area (TPSA) is 87.0 Å². The lowest BCUT2D eigenvalue weighted by atomic mass is 10.1. The van der Waals surface area contributed by atoms with Gasteiger partial charge in [0.1, 0.15) is 11.1 Å². The number of thiophene rings is 1. The quantitative estimate of drug-likeness (QED) is 0.838. The van der Waals surface area contributed by atoms with Crippen molar-refractivity contribution in [2.24, 2.45) is 5.92 Å². The van der Waals surface area contributed by atoms with Crippen molar-refractivity contribution in [1.82, 2.24) is 0 Å². The summed E-state index contributed by atoms with van der Waals surface area (Å²) in [6.07, 6.45) is 5.60. The Morgan fingerprint density at radius 2 is 2.05 bits per heavy atom. The lowest BCUT2D eigenvalue weighted by Crippen LogP contribution is -2.23. The van der Waals surface area contributed by atoms with Crippen LogP contribution in [0.4, 0.5) is 5.00 Å². The zero-order valence-electron chi connectivity index (χ0n) is 12.2. The second-order valence-electron chi connectivity index (χ2n) is 5.97. The van der Waals surface area contributed by atoms with Crippen LogP contribution in [-0.4, -0.2) is 25.8 Å². The number of nitriles is 1. The Labute approximate surface area is 134 Å². The van der Waals surface area contributed by atoms with Crippen molar-refractivity contribution in [3.63, 3.8) is 0 Å². The van der Waals surface area contributed by atoms with E-state index in [4.69, 9.17) is 0 Å². The van der Waals surface area contributed by atoms with Gasteiger partial charge in [-0.25, -0.2) is 8.42 Å². The van der Waals surface area contributed by atoms with Gasteiger partial charge in [-0.05, 0) is 37.7 Å². The van der Waals surface area contributed by atoms with Crippen LogP contribution < -0.4 is 5.32 Å². The molecule has 2 aliphatic rings. The van der Waals surface area contributed by atoms with Gasteiger partial charge in [-0.2, -0.15) is 5.26 Å². The zero-order valence-corrected chi connectivity index (χ0v) is 13.9. The average Bonchev–Trinajstić information content (AvgIpc) is 2.90. The van der Waals surface area contributed by atoms with Gasteiger partial charge in [-0.3, -0.25) is 4.79 Å². The predicted molar refractivity (Wildman–Crippen MR) is 85.7 cm³/mol. The van der Waals surface area contributed by atoms with Gasteiger partial charge in [0.25, 0.3) is 0 Å². The molecule has 1 aromatic heterocycles. The molecule has 3 rings (SSSR count). The Kier molecular flexibility index (Phi) is 4.24. The summed E-state index contributed by atoms with van der Waals surface area (Å²) in [5.74, 6) is -0.754. The van der Waals surface area contributed by atoms with Crippen LogP contribution in [0.25, 0.3) is 0 Å². The van der Waals surface area contributed by atoms with E-state index in [0.29, 0.717) is 17.0 Å². The molecule has 0 bridgehead atoms. The molecule has 0 unspecified atom stereocenters. The molecule has 1 aliphatic heterocycles. The van der Waals surface area contributed by atoms with Crippen LogP contribution in [0.1, 0.15) is 41.7 Å². The molecule has 0 aromatic carbocycles. The smallest absolute Gasteiger partial charge is 0.229 e. The summed E-state index contributed by atoms with van der Waals surface area (Å²) >= 11 is 1.48. The number of hydrogen-bond acceptors (Lipinski definition) is 5. The number of hydrogen-bond donors (Lipinski definition) is 1. The average molecular weight is 338 g/mol. The molecule has 1 N–H and O–H groups in total. The van der Waals surface area contributed by atoms with Gasteiger partial charge in [0.05, 0.1) is 23.0 Å². The number of nitrogens with zero attached hydrogens (tertiary/aromatic N) is 1. The Morgan fingerprint density at radius 1 is 1.27 bits per heavy atom. The first-order valence-electron chi connectivity index (χ1n) is 7.56. The Balaban J connectivity index is 1.81. The molecule has 1 atom stereocenters. The Hall–Kier alpha value is -1.39. The van der Waals surface area contributed by atoms with E-state index in [0.717, 1.165) is 31.2 Å². The summed E-state index contributed by atoms with van der Waals surface area (Å²) in [6, 6.07) is 2.22. The second kappa shape index (κ2) is 6.01. The highest BCUT2D eigenvalue weighted by molar-refractivity contribution is 7.91. The summed E-state index contributed by atoms with van der Waals surface area (Å²) in [7, 11) is -3.08. The normalized spacial score (nSPS) is 23.3. The predicted octanol–water partition coefficient (Wildman–Crippen LogP) is 2.26. The monoisotopic (exact) mass is 338 g/mol. The summed E-state index contributed by atoms with van der Waals surface area (Å²) in [5.41, 5.74) is 1.66. The molecule has 2 heterocycles. The van der Waals surface area contributed by atoms with Crippen LogP contribution in [0.15, 0.2) is 0 Å². The maximum absolute atomic E-state index is 12.3. The van der Waals surface area contributed by atoms with Gasteiger partial charge >= 0.3 is 0 Å². The first kappa shape index (κ1) is 15.5. The standard InChI is InChI=1S/C15H18N2O3S2/c16-8-12-11-4-2-1-3-5-13(11)21-15(12)17-14(18)10-6-7-22(19,20)9-10/h10H,1-7,9H2,(H,17,18)/t10-/m0/s1. The molecule has 7 heteroatoms. The van der Waals surface area contributed by atoms with Crippen molar-refractivity contribution in [1.29, 1.82) is 5.26 Å². The third-order valence-electron chi connectivity index (χ3n) is 4.37. The molecule has 1 fully saturated rings. The molecule has 1 aliphatic carbocycles. The Morgan fingerprint density at radius 3 is 2.73 bits per heavy atom. The summed E-state index contributed by atoms with van der Waals surface area (Å²) < 4.78 is 23.0. The van der Waals surface area contributed by atoms with E-state index in [1.807, 2.05) is 0 Å². The SMILES string of the molecule is N#Cc1c(NC(=O)[C@H]2CCS(=O)(=O)C2)sc2c1CCCCC2. The minimum atomic E-state index is -3.08. The van der Waals surface area contributed by atoms with E-state index in [1.54, 1.807) is 0 Å². The number of amides is 1. The van der Waals surface area contributed by atoms with Crippen molar-refractivity contribution >= 4 is 32.1 Å². The van der Waals surface area contributed by atoms with Gasteiger partial charge in [0.15, 0.2) is 9.84 Å². The molecular weight excluding hydrogens is 320 g/mol. The molecule has 1 amide bonds. The van der Waals surface area contributed by atoms with Crippen LogP contribution in [0.3, 0.4) is 0 Å². The van der Waals surface area contributed by atoms with Crippen LogP contribution in [0, 0.1) is 17.2 Å². The van der Waals surface area contributed by atoms with Crippen LogP contribution in [-0.2, 0) is 27.5 Å². The maximum Gasteiger partial charge on any atom is 0.229 e. The molecule has 0 radical (unpaired) electrons. The highest BCUT2D eigenvalue weighted by Gasteiger charge is 2.33. The lowest BCUT2D eigenvalue weighted by molar-refractivity contribution is -0.119. The largest absolute Gasteiger partial charge is 0.316 e. The van der Waals surface area contributed by atoms with E-state index >= 15 is 0 Å². The number of carbonyl (C=O) groups excluding carboxylic acids is 1. The van der Waals surface area contributed by atoms with Crippen molar-refractivity contribution in [2.45, 2.75) is 38.5 Å². The lowest BCUT2D eigenvalue weighted by Gasteiger charge is -2.08. The number of carbonyl (C=O) groups is 1. The number of fused-ring (bicyclic) bond motifs is 1. The third-order valence-corrected chi connectivity index (χ3v) is 7.35. The fourth-order valence-electron chi connectivity index (χ4n) is 3.16. The van der Waals surface area contributed by atoms with Crippen LogP contribution in [0.2, 0.25) is 0 Å². The molecular formula is C15H18N2O3S2. The van der Waals surface area contributed by atoms with E-state index in [9.17, 15) is 18.5 Å². The molecule has 22 heavy (non-hydrogen) atoms. The van der Waals surface area contributed by atoms with Gasteiger partial charge in [0.2, 0.25) is 5.91 Å². The minimum Gasteiger partial charge on any atom is -0.316 e. The van der Waals surface area contributed by atoms with E-state index < -0.39 is 15.8 Å². The maximum atomic E-state index is 12.3. The molecule has 5 nitrogen and oxygen atoms in total. The number of nitrogens with one attached hydrogen (secondary N) is 1. The summed E-state index contributed by atoms with van der Waals surface area (Å²) in [5, 5.41) is 12.8. The van der Waals surface area contributed by atoms with Gasteiger partial charge in [0, 0.05) is 4.88 Å². The number of rotatable bonds is 2. The second-order valence-corrected chi connectivity index (χ2v) is 9.30. The van der Waals surface area contributed by atoms with Gasteiger partial charge in [-0.1, -0.05) is 6.42 Å². The molecule has 118 valence electrons. The molecule has 1 saturated heterocycles. The van der Waals surface area contributed by atoms with Crippen molar-refractivity contribution in [3.05, 3.63) is 16.0 Å². The Bertz CT molecular complexity index is 744. The van der Waals surface area contributed by atoms with Crippen molar-refractivity contribution in [3.8, 4) is 6.07 Å². The number of anilines is 1. The van der Waals surface area contributed by atoms with Gasteiger partial charge in [-0.15, -0.1) is 11.3 Å². The fourth-order valence-corrected chi connectivity index (χ4v) is 6.15. The van der Waals surface area contributed by atoms with Crippen LogP contribution >= 0.6 is 11.3 Å². The molecule has 0 spiro atoms. The molecule has 1 aromatic rings. The van der Waals surface area contributed by atoms with Crippen molar-refractivity contribution < 1.29 is 13.2 Å². The number of sulfone groups is 1. The van der Waals surface area contributed by atoms with E-state index in [1.165, 1.54) is 22.6 Å². The summed E-state index contributed by atoms with van der Waals surface area (Å²) in [4.78, 5) is 13.5. The highest BCUT2D eigenvalue weighted by atomic mass is 32.2.